The molecule has 20 heavy (non-hydrogen) atoms. The Kier molecular flexibility index (Phi) is 4.49. The highest BCUT2D eigenvalue weighted by Crippen LogP contribution is 2.14. The Hall–Kier alpha value is -1.75. The third-order valence-electron chi connectivity index (χ3n) is 3.00. The largest absolute Gasteiger partial charge is 0.444 e. The summed E-state index contributed by atoms with van der Waals surface area (Å²) in [5, 5.41) is 2.07. The lowest BCUT2D eigenvalue weighted by atomic mass is 10.2. The number of nitrogens with one attached hydrogen (secondary N) is 1. The number of benzene rings is 1. The Labute approximate surface area is 120 Å². The Balaban J connectivity index is 1.94. The van der Waals surface area contributed by atoms with Gasteiger partial charge < -0.3 is 14.6 Å². The first-order chi connectivity index (χ1) is 9.46. The van der Waals surface area contributed by atoms with Gasteiger partial charge in [-0.25, -0.2) is 10.2 Å². The molecule has 110 valence electrons. The number of hydrogen-bond donors (Lipinski definition) is 1. The lowest BCUT2D eigenvalue weighted by molar-refractivity contribution is 0.0268. The molecule has 1 fully saturated rings. The van der Waals surface area contributed by atoms with E-state index < -0.39 is 5.60 Å². The number of anilines is 1. The van der Waals surface area contributed by atoms with Crippen molar-refractivity contribution in [3.63, 3.8) is 0 Å². The first-order valence-electron chi connectivity index (χ1n) is 7.00. The average molecular weight is 277 g/mol. The maximum atomic E-state index is 12.1. The van der Waals surface area contributed by atoms with Gasteiger partial charge in [-0.15, -0.1) is 0 Å². The van der Waals surface area contributed by atoms with Crippen molar-refractivity contribution >= 4 is 11.8 Å². The fourth-order valence-electron chi connectivity index (χ4n) is 2.07. The van der Waals surface area contributed by atoms with Crippen molar-refractivity contribution in [2.75, 3.05) is 31.2 Å². The zero-order valence-corrected chi connectivity index (χ0v) is 12.4. The molecule has 0 atom stereocenters. The molecule has 1 heterocycles. The molecule has 0 unspecified atom stereocenters. The van der Waals surface area contributed by atoms with Crippen LogP contribution in [0.2, 0.25) is 0 Å². The van der Waals surface area contributed by atoms with Crippen LogP contribution in [0.1, 0.15) is 20.8 Å². The minimum atomic E-state index is -0.448. The van der Waals surface area contributed by atoms with Crippen LogP contribution in [0.3, 0.4) is 0 Å². The summed E-state index contributed by atoms with van der Waals surface area (Å²) in [4.78, 5) is 13.8. The molecule has 0 aliphatic carbocycles. The highest BCUT2D eigenvalue weighted by Gasteiger charge is 2.24. The molecule has 1 aliphatic heterocycles. The number of carbonyl (C=O) groups excluding carboxylic acids is 1. The first-order valence-corrected chi connectivity index (χ1v) is 7.00. The van der Waals surface area contributed by atoms with Gasteiger partial charge in [0.05, 0.1) is 12.2 Å². The van der Waals surface area contributed by atoms with Crippen LogP contribution < -0.4 is 10.4 Å². The van der Waals surface area contributed by atoms with Crippen molar-refractivity contribution in [2.45, 2.75) is 26.4 Å². The van der Waals surface area contributed by atoms with Gasteiger partial charge in [-0.2, -0.15) is 0 Å². The molecular formula is C15H23N3O2. The van der Waals surface area contributed by atoms with Gasteiger partial charge in [-0.3, -0.25) is 0 Å². The van der Waals surface area contributed by atoms with E-state index in [1.54, 1.807) is 4.90 Å². The normalized spacial score (nSPS) is 16.8. The van der Waals surface area contributed by atoms with Gasteiger partial charge in [0.25, 0.3) is 0 Å². The third kappa shape index (κ3) is 4.13. The van der Waals surface area contributed by atoms with E-state index >= 15 is 0 Å². The first kappa shape index (κ1) is 14.7. The SMILES string of the molecule is CC(C)(C)OC(=O)N1CCNN(c2ccccc2)CC1. The van der Waals surface area contributed by atoms with Crippen LogP contribution in [0.25, 0.3) is 0 Å². The summed E-state index contributed by atoms with van der Waals surface area (Å²) in [6.07, 6.45) is -0.241. The van der Waals surface area contributed by atoms with E-state index in [4.69, 9.17) is 4.74 Å². The number of hydrogen-bond acceptors (Lipinski definition) is 4. The van der Waals surface area contributed by atoms with Crippen molar-refractivity contribution in [1.29, 1.82) is 0 Å². The summed E-state index contributed by atoms with van der Waals surface area (Å²) in [5.41, 5.74) is 3.99. The van der Waals surface area contributed by atoms with Gasteiger partial charge >= 0.3 is 6.09 Å². The van der Waals surface area contributed by atoms with Crippen LogP contribution in [0.5, 0.6) is 0 Å². The number of nitrogens with zero attached hydrogens (tertiary/aromatic N) is 2. The van der Waals surface area contributed by atoms with Crippen molar-refractivity contribution < 1.29 is 9.53 Å². The van der Waals surface area contributed by atoms with Crippen LogP contribution in [0.4, 0.5) is 10.5 Å². The van der Waals surface area contributed by atoms with E-state index in [-0.39, 0.29) is 6.09 Å². The highest BCUT2D eigenvalue weighted by molar-refractivity contribution is 5.68. The summed E-state index contributed by atoms with van der Waals surface area (Å²) in [7, 11) is 0. The molecule has 1 saturated heterocycles. The van der Waals surface area contributed by atoms with E-state index in [1.165, 1.54) is 0 Å². The summed E-state index contributed by atoms with van der Waals surface area (Å²) in [5.74, 6) is 0. The van der Waals surface area contributed by atoms with E-state index in [2.05, 4.69) is 22.6 Å². The smallest absolute Gasteiger partial charge is 0.410 e. The van der Waals surface area contributed by atoms with Gasteiger partial charge in [-0.1, -0.05) is 18.2 Å². The molecule has 1 aromatic rings. The van der Waals surface area contributed by atoms with Crippen LogP contribution in [0, 0.1) is 0 Å². The van der Waals surface area contributed by atoms with Crippen molar-refractivity contribution in [3.05, 3.63) is 30.3 Å². The second-order valence-electron chi connectivity index (χ2n) is 5.86. The molecule has 5 nitrogen and oxygen atoms in total. The Morgan fingerprint density at radius 1 is 1.15 bits per heavy atom. The number of carbonyl (C=O) groups is 1. The van der Waals surface area contributed by atoms with Crippen molar-refractivity contribution in [1.82, 2.24) is 10.3 Å². The number of ether oxygens (including phenoxy) is 1. The lowest BCUT2D eigenvalue weighted by Gasteiger charge is -2.26. The molecule has 0 radical (unpaired) electrons. The third-order valence-corrected chi connectivity index (χ3v) is 3.00. The standard InChI is InChI=1S/C15H23N3O2/c1-15(2,3)20-14(19)17-10-9-16-18(12-11-17)13-7-5-4-6-8-13/h4-8,16H,9-12H2,1-3H3. The predicted molar refractivity (Wildman–Crippen MR) is 79.6 cm³/mol. The molecule has 0 aromatic heterocycles. The maximum absolute atomic E-state index is 12.1. The summed E-state index contributed by atoms with van der Waals surface area (Å²) < 4.78 is 5.41. The van der Waals surface area contributed by atoms with Gasteiger partial charge in [0.15, 0.2) is 0 Å². The fraction of sp³-hybridized carbons (Fsp3) is 0.533. The van der Waals surface area contributed by atoms with E-state index in [0.717, 1.165) is 12.2 Å². The summed E-state index contributed by atoms with van der Waals surface area (Å²) in [6.45, 7) is 8.41. The molecule has 2 rings (SSSR count). The minimum absolute atomic E-state index is 0.241. The molecular weight excluding hydrogens is 254 g/mol. The lowest BCUT2D eigenvalue weighted by Crippen LogP contribution is -2.39. The average Bonchev–Trinajstić information content (AvgIpc) is 2.63. The van der Waals surface area contributed by atoms with Crippen molar-refractivity contribution in [3.8, 4) is 0 Å². The number of para-hydroxylation sites is 1. The molecule has 1 N–H and O–H groups in total. The van der Waals surface area contributed by atoms with Crippen molar-refractivity contribution in [2.24, 2.45) is 0 Å². The summed E-state index contributed by atoms with van der Waals surface area (Å²) >= 11 is 0. The minimum Gasteiger partial charge on any atom is -0.444 e. The second-order valence-corrected chi connectivity index (χ2v) is 5.86. The second kappa shape index (κ2) is 6.13. The monoisotopic (exact) mass is 277 g/mol. The molecule has 0 spiro atoms. The zero-order chi connectivity index (χ0) is 14.6. The topological polar surface area (TPSA) is 44.8 Å². The van der Waals surface area contributed by atoms with Gasteiger partial charge in [-0.05, 0) is 32.9 Å². The molecule has 1 aromatic carbocycles. The van der Waals surface area contributed by atoms with Gasteiger partial charge in [0, 0.05) is 19.6 Å². The van der Waals surface area contributed by atoms with Gasteiger partial charge in [0.1, 0.15) is 5.60 Å². The van der Waals surface area contributed by atoms with Crippen LogP contribution >= 0.6 is 0 Å². The Morgan fingerprint density at radius 3 is 2.50 bits per heavy atom. The summed E-state index contributed by atoms with van der Waals surface area (Å²) in [6, 6.07) is 10.1. The van der Waals surface area contributed by atoms with Gasteiger partial charge in [0.2, 0.25) is 0 Å². The zero-order valence-electron chi connectivity index (χ0n) is 12.4. The maximum Gasteiger partial charge on any atom is 0.410 e. The predicted octanol–water partition coefficient (Wildman–Crippen LogP) is 2.25. The quantitative estimate of drug-likeness (QED) is 0.855. The fourth-order valence-corrected chi connectivity index (χ4v) is 2.07. The molecule has 0 saturated carbocycles. The van der Waals surface area contributed by atoms with E-state index in [9.17, 15) is 4.79 Å². The number of hydrazine groups is 1. The molecule has 1 amide bonds. The van der Waals surface area contributed by atoms with E-state index in [1.807, 2.05) is 39.0 Å². The number of rotatable bonds is 1. The molecule has 1 aliphatic rings. The number of amides is 1. The van der Waals surface area contributed by atoms with Crippen LogP contribution in [-0.2, 0) is 4.74 Å². The Bertz CT molecular complexity index is 442. The molecule has 5 heteroatoms. The molecule has 0 bridgehead atoms. The van der Waals surface area contributed by atoms with Crippen LogP contribution in [0.15, 0.2) is 30.3 Å². The van der Waals surface area contributed by atoms with E-state index in [0.29, 0.717) is 19.6 Å². The van der Waals surface area contributed by atoms with Crippen LogP contribution in [-0.4, -0.2) is 42.8 Å². The Morgan fingerprint density at radius 2 is 1.85 bits per heavy atom. The highest BCUT2D eigenvalue weighted by atomic mass is 16.6.